The standard InChI is InChI=1S/C23H20F2N2O3/c24-13-6-8-15-18(10-13)26-20(28)11-27-19-9-12(23(29)30)5-7-16(19)21(22(15)27)14-3-1-2-4-17(14)25/h5-10,14,17H,1-4,11H2,(H,26,28)(H,29,30)/t14?,17-/m0/s1. The lowest BCUT2D eigenvalue weighted by molar-refractivity contribution is -0.116. The number of hydrogen-bond acceptors (Lipinski definition) is 2. The van der Waals surface area contributed by atoms with Gasteiger partial charge in [-0.15, -0.1) is 0 Å². The average Bonchev–Trinajstić information content (AvgIpc) is 2.93. The van der Waals surface area contributed by atoms with Gasteiger partial charge >= 0.3 is 5.97 Å². The molecule has 1 aromatic heterocycles. The van der Waals surface area contributed by atoms with Crippen molar-refractivity contribution in [2.75, 3.05) is 5.32 Å². The van der Waals surface area contributed by atoms with Crippen LogP contribution < -0.4 is 5.32 Å². The van der Waals surface area contributed by atoms with Crippen LogP contribution in [0.4, 0.5) is 14.5 Å². The van der Waals surface area contributed by atoms with Gasteiger partial charge in [-0.25, -0.2) is 13.6 Å². The molecule has 2 N–H and O–H groups in total. The van der Waals surface area contributed by atoms with Crippen molar-refractivity contribution in [3.05, 3.63) is 53.3 Å². The summed E-state index contributed by atoms with van der Waals surface area (Å²) in [4.78, 5) is 24.1. The Morgan fingerprint density at radius 2 is 1.93 bits per heavy atom. The molecule has 5 nitrogen and oxygen atoms in total. The van der Waals surface area contributed by atoms with Crippen LogP contribution in [-0.2, 0) is 11.3 Å². The first-order valence-electron chi connectivity index (χ1n) is 10.1. The minimum Gasteiger partial charge on any atom is -0.478 e. The Kier molecular flexibility index (Phi) is 4.34. The highest BCUT2D eigenvalue weighted by molar-refractivity contribution is 6.04. The summed E-state index contributed by atoms with van der Waals surface area (Å²) in [7, 11) is 0. The number of nitrogens with zero attached hydrogens (tertiary/aromatic N) is 1. The molecule has 154 valence electrons. The number of carboxylic acids is 1. The second kappa shape index (κ2) is 6.93. The van der Waals surface area contributed by atoms with E-state index in [4.69, 9.17) is 0 Å². The van der Waals surface area contributed by atoms with E-state index in [0.29, 0.717) is 35.3 Å². The predicted octanol–water partition coefficient (Wildman–Crippen LogP) is 5.09. The molecule has 1 amide bonds. The van der Waals surface area contributed by atoms with Crippen molar-refractivity contribution in [1.82, 2.24) is 4.57 Å². The summed E-state index contributed by atoms with van der Waals surface area (Å²) in [6, 6.07) is 8.93. The van der Waals surface area contributed by atoms with Gasteiger partial charge in [0.25, 0.3) is 0 Å². The summed E-state index contributed by atoms with van der Waals surface area (Å²) in [6.07, 6.45) is 1.85. The molecule has 3 aromatic rings. The number of nitrogens with one attached hydrogen (secondary N) is 1. The second-order valence-corrected chi connectivity index (χ2v) is 8.03. The topological polar surface area (TPSA) is 71.3 Å². The van der Waals surface area contributed by atoms with E-state index < -0.39 is 18.0 Å². The lowest BCUT2D eigenvalue weighted by Crippen LogP contribution is -2.19. The van der Waals surface area contributed by atoms with Crippen molar-refractivity contribution in [2.45, 2.75) is 44.3 Å². The van der Waals surface area contributed by atoms with E-state index in [2.05, 4.69) is 5.32 Å². The van der Waals surface area contributed by atoms with Gasteiger partial charge in [-0.2, -0.15) is 0 Å². The largest absolute Gasteiger partial charge is 0.478 e. The number of carbonyl (C=O) groups excluding carboxylic acids is 1. The fourth-order valence-corrected chi connectivity index (χ4v) is 4.91. The number of fused-ring (bicyclic) bond motifs is 5. The van der Waals surface area contributed by atoms with E-state index in [1.165, 1.54) is 24.3 Å². The van der Waals surface area contributed by atoms with Gasteiger partial charge in [0.2, 0.25) is 5.91 Å². The first-order chi connectivity index (χ1) is 14.4. The van der Waals surface area contributed by atoms with Crippen LogP contribution in [0.25, 0.3) is 22.2 Å². The van der Waals surface area contributed by atoms with E-state index in [0.717, 1.165) is 23.8 Å². The lowest BCUT2D eigenvalue weighted by Gasteiger charge is -2.27. The fraction of sp³-hybridized carbons (Fsp3) is 0.304. The van der Waals surface area contributed by atoms with Crippen LogP contribution in [-0.4, -0.2) is 27.7 Å². The number of aromatic carboxylic acids is 1. The molecule has 0 bridgehead atoms. The van der Waals surface area contributed by atoms with Gasteiger partial charge in [-0.1, -0.05) is 18.9 Å². The third kappa shape index (κ3) is 2.88. The smallest absolute Gasteiger partial charge is 0.335 e. The monoisotopic (exact) mass is 410 g/mol. The summed E-state index contributed by atoms with van der Waals surface area (Å²) in [5, 5.41) is 12.9. The maximum Gasteiger partial charge on any atom is 0.335 e. The molecule has 2 aromatic carbocycles. The van der Waals surface area contributed by atoms with Crippen molar-refractivity contribution < 1.29 is 23.5 Å². The van der Waals surface area contributed by atoms with Gasteiger partial charge in [0.1, 0.15) is 18.5 Å². The number of carboxylic acid groups (broad SMARTS) is 1. The zero-order valence-electron chi connectivity index (χ0n) is 16.1. The molecular weight excluding hydrogens is 390 g/mol. The van der Waals surface area contributed by atoms with Crippen molar-refractivity contribution in [3.8, 4) is 11.3 Å². The van der Waals surface area contributed by atoms with Crippen LogP contribution in [0, 0.1) is 5.82 Å². The third-order valence-corrected chi connectivity index (χ3v) is 6.22. The molecule has 0 radical (unpaired) electrons. The molecule has 2 atom stereocenters. The Labute approximate surface area is 171 Å². The highest BCUT2D eigenvalue weighted by atomic mass is 19.1. The maximum absolute atomic E-state index is 15.1. The fourth-order valence-electron chi connectivity index (χ4n) is 4.91. The molecule has 1 unspecified atom stereocenters. The Hall–Kier alpha value is -3.22. The van der Waals surface area contributed by atoms with Crippen molar-refractivity contribution in [3.63, 3.8) is 0 Å². The number of hydrogen-bond donors (Lipinski definition) is 2. The number of halogens is 2. The molecule has 1 aliphatic carbocycles. The summed E-state index contributed by atoms with van der Waals surface area (Å²) >= 11 is 0. The van der Waals surface area contributed by atoms with Crippen LogP contribution in [0.2, 0.25) is 0 Å². The highest BCUT2D eigenvalue weighted by Crippen LogP contribution is 2.47. The zero-order valence-corrected chi connectivity index (χ0v) is 16.1. The SMILES string of the molecule is O=C1Cn2c(c(C3CCCC[C@@H]3F)c3ccc(C(=O)O)cc32)-c2ccc(F)cc2N1. The summed E-state index contributed by atoms with van der Waals surface area (Å²) in [6.45, 7) is -0.0606. The predicted molar refractivity (Wildman–Crippen MR) is 109 cm³/mol. The molecule has 1 aliphatic heterocycles. The van der Waals surface area contributed by atoms with Crippen LogP contribution in [0.3, 0.4) is 0 Å². The van der Waals surface area contributed by atoms with Gasteiger partial charge < -0.3 is 15.0 Å². The highest BCUT2D eigenvalue weighted by Gasteiger charge is 2.35. The molecule has 1 saturated carbocycles. The lowest BCUT2D eigenvalue weighted by atomic mass is 9.80. The first-order valence-corrected chi connectivity index (χ1v) is 10.1. The number of rotatable bonds is 2. The van der Waals surface area contributed by atoms with Gasteiger partial charge in [0, 0.05) is 16.9 Å². The molecule has 2 heterocycles. The Balaban J connectivity index is 1.88. The van der Waals surface area contributed by atoms with Crippen LogP contribution >= 0.6 is 0 Å². The molecule has 30 heavy (non-hydrogen) atoms. The number of aromatic nitrogens is 1. The number of carbonyl (C=O) groups is 2. The quantitative estimate of drug-likeness (QED) is 0.618. The minimum absolute atomic E-state index is 0.0606. The normalized spacial score (nSPS) is 20.9. The first kappa shape index (κ1) is 18.8. The summed E-state index contributed by atoms with van der Waals surface area (Å²) < 4.78 is 30.7. The van der Waals surface area contributed by atoms with E-state index in [1.54, 1.807) is 16.7 Å². The molecule has 0 spiro atoms. The molecule has 1 fully saturated rings. The number of alkyl halides is 1. The van der Waals surface area contributed by atoms with Gasteiger partial charge in [0.05, 0.1) is 22.5 Å². The van der Waals surface area contributed by atoms with E-state index >= 15 is 4.39 Å². The van der Waals surface area contributed by atoms with E-state index in [-0.39, 0.29) is 23.9 Å². The van der Waals surface area contributed by atoms with Crippen molar-refractivity contribution in [1.29, 1.82) is 0 Å². The van der Waals surface area contributed by atoms with Crippen LogP contribution in [0.5, 0.6) is 0 Å². The Morgan fingerprint density at radius 3 is 2.70 bits per heavy atom. The minimum atomic E-state index is -1.07. The van der Waals surface area contributed by atoms with Crippen LogP contribution in [0.15, 0.2) is 36.4 Å². The molecule has 7 heteroatoms. The zero-order chi connectivity index (χ0) is 21.0. The third-order valence-electron chi connectivity index (χ3n) is 6.22. The molecular formula is C23H20F2N2O3. The molecule has 5 rings (SSSR count). The van der Waals surface area contributed by atoms with Crippen molar-refractivity contribution in [2.24, 2.45) is 0 Å². The van der Waals surface area contributed by atoms with E-state index in [1.807, 2.05) is 0 Å². The number of anilines is 1. The van der Waals surface area contributed by atoms with Gasteiger partial charge in [-0.05, 0) is 48.7 Å². The average molecular weight is 410 g/mol. The molecule has 2 aliphatic rings. The van der Waals surface area contributed by atoms with Gasteiger partial charge in [-0.3, -0.25) is 4.79 Å². The Bertz CT molecular complexity index is 1200. The second-order valence-electron chi connectivity index (χ2n) is 8.03. The van der Waals surface area contributed by atoms with Crippen LogP contribution in [0.1, 0.15) is 47.5 Å². The number of benzene rings is 2. The summed E-state index contributed by atoms with van der Waals surface area (Å²) in [5.41, 5.74) is 3.06. The summed E-state index contributed by atoms with van der Waals surface area (Å²) in [5.74, 6) is -2.26. The number of amides is 1. The maximum atomic E-state index is 15.1. The molecule has 0 saturated heterocycles. The van der Waals surface area contributed by atoms with Gasteiger partial charge in [0.15, 0.2) is 0 Å². The Morgan fingerprint density at radius 1 is 1.13 bits per heavy atom. The van der Waals surface area contributed by atoms with E-state index in [9.17, 15) is 19.1 Å². The van der Waals surface area contributed by atoms with Crippen molar-refractivity contribution >= 4 is 28.5 Å².